The fourth-order valence-electron chi connectivity index (χ4n) is 2.89. The van der Waals surface area contributed by atoms with Crippen molar-refractivity contribution in [2.75, 3.05) is 13.7 Å². The van der Waals surface area contributed by atoms with Crippen molar-refractivity contribution in [1.82, 2.24) is 5.32 Å². The fourth-order valence-corrected chi connectivity index (χ4v) is 2.89. The third kappa shape index (κ3) is 2.66. The lowest BCUT2D eigenvalue weighted by Crippen LogP contribution is -2.40. The summed E-state index contributed by atoms with van der Waals surface area (Å²) in [5, 5.41) is 3.33. The molecule has 104 valence electrons. The smallest absolute Gasteiger partial charge is 0.180 e. The first-order chi connectivity index (χ1) is 9.06. The highest BCUT2D eigenvalue weighted by Gasteiger charge is 2.24. The third-order valence-electron chi connectivity index (χ3n) is 4.12. The van der Waals surface area contributed by atoms with E-state index in [2.05, 4.69) is 5.32 Å². The van der Waals surface area contributed by atoms with Gasteiger partial charge in [0.25, 0.3) is 0 Å². The van der Waals surface area contributed by atoms with Crippen LogP contribution in [0.5, 0.6) is 5.75 Å². The summed E-state index contributed by atoms with van der Waals surface area (Å²) in [6, 6.07) is 1.96. The molecule has 0 spiro atoms. The number of benzene rings is 1. The highest BCUT2D eigenvalue weighted by molar-refractivity contribution is 6.02. The number of ether oxygens (including phenoxy) is 1. The quantitative estimate of drug-likeness (QED) is 0.850. The van der Waals surface area contributed by atoms with Crippen molar-refractivity contribution in [1.29, 1.82) is 0 Å². The van der Waals surface area contributed by atoms with Gasteiger partial charge in [0.1, 0.15) is 5.75 Å². The number of carbonyl (C=O) groups is 1. The molecule has 2 rings (SSSR count). The van der Waals surface area contributed by atoms with Gasteiger partial charge >= 0.3 is 0 Å². The maximum atomic E-state index is 12.6. The summed E-state index contributed by atoms with van der Waals surface area (Å²) in [7, 11) is 1.68. The molecular weight excluding hydrogens is 238 g/mol. The number of hydrogen-bond acceptors (Lipinski definition) is 3. The second-order valence-electron chi connectivity index (χ2n) is 5.39. The molecule has 1 aromatic carbocycles. The Hall–Kier alpha value is -1.35. The number of rotatable bonds is 3. The normalized spacial score (nSPS) is 19.3. The fraction of sp³-hybridized carbons (Fsp3) is 0.562. The van der Waals surface area contributed by atoms with Crippen LogP contribution < -0.4 is 10.1 Å². The first kappa shape index (κ1) is 14.1. The van der Waals surface area contributed by atoms with Gasteiger partial charge in [0.15, 0.2) is 5.78 Å². The molecule has 0 aromatic heterocycles. The van der Waals surface area contributed by atoms with Crippen LogP contribution in [-0.4, -0.2) is 25.5 Å². The lowest BCUT2D eigenvalue weighted by Gasteiger charge is -2.24. The zero-order valence-electron chi connectivity index (χ0n) is 12.3. The highest BCUT2D eigenvalue weighted by atomic mass is 16.5. The molecule has 1 aliphatic heterocycles. The van der Waals surface area contributed by atoms with Gasteiger partial charge in [-0.2, -0.15) is 0 Å². The van der Waals surface area contributed by atoms with E-state index >= 15 is 0 Å². The van der Waals surface area contributed by atoms with Gasteiger partial charge < -0.3 is 10.1 Å². The molecule has 1 aromatic rings. The van der Waals surface area contributed by atoms with Crippen molar-refractivity contribution in [3.63, 3.8) is 0 Å². The third-order valence-corrected chi connectivity index (χ3v) is 4.12. The van der Waals surface area contributed by atoms with Gasteiger partial charge in [-0.05, 0) is 62.9 Å². The minimum atomic E-state index is -0.0142. The van der Waals surface area contributed by atoms with Crippen LogP contribution in [0.3, 0.4) is 0 Å². The molecule has 0 aliphatic carbocycles. The maximum Gasteiger partial charge on any atom is 0.180 e. The van der Waals surface area contributed by atoms with Gasteiger partial charge in [0.05, 0.1) is 13.2 Å². The lowest BCUT2D eigenvalue weighted by molar-refractivity contribution is 0.0926. The molecule has 1 fully saturated rings. The van der Waals surface area contributed by atoms with E-state index in [1.807, 2.05) is 26.8 Å². The van der Waals surface area contributed by atoms with Crippen molar-refractivity contribution < 1.29 is 9.53 Å². The molecule has 0 amide bonds. The van der Waals surface area contributed by atoms with Gasteiger partial charge in [0, 0.05) is 5.56 Å². The van der Waals surface area contributed by atoms with E-state index in [1.165, 1.54) is 6.42 Å². The van der Waals surface area contributed by atoms with Gasteiger partial charge in [-0.3, -0.25) is 4.79 Å². The number of ketones is 1. The summed E-state index contributed by atoms with van der Waals surface area (Å²) in [5.74, 6) is 1.12. The minimum absolute atomic E-state index is 0.0142. The molecular formula is C16H23NO2. The second-order valence-corrected chi connectivity index (χ2v) is 5.39. The Kier molecular flexibility index (Phi) is 4.25. The standard InChI is InChI=1S/C16H23NO2/c1-10-9-13(11(2)12(3)16(10)19-4)15(18)14-7-5-6-8-17-14/h9,14,17H,5-8H2,1-4H3. The topological polar surface area (TPSA) is 38.3 Å². The summed E-state index contributed by atoms with van der Waals surface area (Å²) in [6.07, 6.45) is 3.25. The summed E-state index contributed by atoms with van der Waals surface area (Å²) < 4.78 is 5.41. The largest absolute Gasteiger partial charge is 0.496 e. The monoisotopic (exact) mass is 261 g/mol. The van der Waals surface area contributed by atoms with Gasteiger partial charge in [0.2, 0.25) is 0 Å². The van der Waals surface area contributed by atoms with Crippen LogP contribution in [0.25, 0.3) is 0 Å². The van der Waals surface area contributed by atoms with Gasteiger partial charge in [-0.15, -0.1) is 0 Å². The molecule has 1 aliphatic rings. The number of Topliss-reactive ketones (excluding diaryl/α,β-unsaturated/α-hetero) is 1. The molecule has 1 saturated heterocycles. The Balaban J connectivity index is 2.36. The Morgan fingerprint density at radius 1 is 1.26 bits per heavy atom. The van der Waals surface area contributed by atoms with Crippen LogP contribution in [0.4, 0.5) is 0 Å². The number of carbonyl (C=O) groups excluding carboxylic acids is 1. The summed E-state index contributed by atoms with van der Waals surface area (Å²) in [4.78, 5) is 12.6. The highest BCUT2D eigenvalue weighted by Crippen LogP contribution is 2.29. The summed E-state index contributed by atoms with van der Waals surface area (Å²) in [6.45, 7) is 6.97. The van der Waals surface area contributed by atoms with Crippen LogP contribution in [-0.2, 0) is 0 Å². The number of aryl methyl sites for hydroxylation is 1. The van der Waals surface area contributed by atoms with Crippen molar-refractivity contribution in [2.45, 2.75) is 46.1 Å². The predicted octanol–water partition coefficient (Wildman–Crippen LogP) is 2.95. The van der Waals surface area contributed by atoms with E-state index in [0.29, 0.717) is 0 Å². The van der Waals surface area contributed by atoms with E-state index < -0.39 is 0 Å². The molecule has 1 unspecified atom stereocenters. The van der Waals surface area contributed by atoms with E-state index in [1.54, 1.807) is 7.11 Å². The average Bonchev–Trinajstić information content (AvgIpc) is 2.43. The zero-order valence-corrected chi connectivity index (χ0v) is 12.3. The molecule has 0 bridgehead atoms. The van der Waals surface area contributed by atoms with Crippen molar-refractivity contribution in [3.05, 3.63) is 28.3 Å². The maximum absolute atomic E-state index is 12.6. The van der Waals surface area contributed by atoms with Crippen LogP contribution >= 0.6 is 0 Å². The molecule has 0 radical (unpaired) electrons. The molecule has 19 heavy (non-hydrogen) atoms. The SMILES string of the molecule is COc1c(C)cc(C(=O)C2CCCCN2)c(C)c1C. The van der Waals surface area contributed by atoms with E-state index in [0.717, 1.165) is 47.4 Å². The second kappa shape index (κ2) is 5.74. The molecule has 3 heteroatoms. The number of hydrogen-bond donors (Lipinski definition) is 1. The van der Waals surface area contributed by atoms with Crippen molar-refractivity contribution >= 4 is 5.78 Å². The predicted molar refractivity (Wildman–Crippen MR) is 77.2 cm³/mol. The lowest BCUT2D eigenvalue weighted by atomic mass is 9.90. The first-order valence-electron chi connectivity index (χ1n) is 6.98. The Bertz CT molecular complexity index is 488. The summed E-state index contributed by atoms with van der Waals surface area (Å²) in [5.41, 5.74) is 3.99. The Morgan fingerprint density at radius 2 is 2.00 bits per heavy atom. The van der Waals surface area contributed by atoms with Crippen molar-refractivity contribution in [3.8, 4) is 5.75 Å². The zero-order chi connectivity index (χ0) is 14.0. The van der Waals surface area contributed by atoms with Crippen LogP contribution in [0.2, 0.25) is 0 Å². The van der Waals surface area contributed by atoms with E-state index in [-0.39, 0.29) is 11.8 Å². The van der Waals surface area contributed by atoms with E-state index in [4.69, 9.17) is 4.74 Å². The molecule has 1 N–H and O–H groups in total. The summed E-state index contributed by atoms with van der Waals surface area (Å²) >= 11 is 0. The minimum Gasteiger partial charge on any atom is -0.496 e. The van der Waals surface area contributed by atoms with Gasteiger partial charge in [-0.1, -0.05) is 6.42 Å². The average molecular weight is 261 g/mol. The number of piperidine rings is 1. The van der Waals surface area contributed by atoms with Crippen LogP contribution in [0, 0.1) is 20.8 Å². The number of methoxy groups -OCH3 is 1. The molecule has 0 saturated carbocycles. The number of nitrogens with one attached hydrogen (secondary N) is 1. The van der Waals surface area contributed by atoms with Crippen LogP contribution in [0.1, 0.15) is 46.3 Å². The molecule has 1 atom stereocenters. The molecule has 3 nitrogen and oxygen atoms in total. The first-order valence-corrected chi connectivity index (χ1v) is 6.98. The molecule has 1 heterocycles. The van der Waals surface area contributed by atoms with Crippen molar-refractivity contribution in [2.24, 2.45) is 0 Å². The Labute approximate surface area is 115 Å². The Morgan fingerprint density at radius 3 is 2.58 bits per heavy atom. The van der Waals surface area contributed by atoms with E-state index in [9.17, 15) is 4.79 Å². The van der Waals surface area contributed by atoms with Gasteiger partial charge in [-0.25, -0.2) is 0 Å². The van der Waals surface area contributed by atoms with Crippen LogP contribution in [0.15, 0.2) is 6.07 Å².